The van der Waals surface area contributed by atoms with E-state index in [9.17, 15) is 9.90 Å². The molecule has 0 unspecified atom stereocenters. The van der Waals surface area contributed by atoms with Crippen molar-refractivity contribution in [2.75, 3.05) is 0 Å². The molecule has 206 valence electrons. The minimum atomic E-state index is -0.995. The molecule has 6 heteroatoms. The molecule has 1 heterocycles. The Morgan fingerprint density at radius 1 is 1.00 bits per heavy atom. The van der Waals surface area contributed by atoms with Gasteiger partial charge in [-0.3, -0.25) is 0 Å². The number of nitrogens with one attached hydrogen (secondary N) is 1. The second-order valence-corrected chi connectivity index (χ2v) is 11.1. The Kier molecular flexibility index (Phi) is 9.04. The van der Waals surface area contributed by atoms with Gasteiger partial charge in [0, 0.05) is 35.7 Å². The number of rotatable bonds is 11. The number of ether oxygens (including phenoxy) is 1. The lowest BCUT2D eigenvalue weighted by atomic mass is 9.98. The first kappa shape index (κ1) is 28.7. The van der Waals surface area contributed by atoms with E-state index in [1.165, 1.54) is 38.9 Å². The number of carboxylic acid groups (broad SMARTS) is 1. The van der Waals surface area contributed by atoms with Crippen LogP contribution in [0.15, 0.2) is 60.7 Å². The fourth-order valence-electron chi connectivity index (χ4n) is 4.97. The zero-order valence-electron chi connectivity index (χ0n) is 23.7. The number of hydrogen-bond donors (Lipinski definition) is 2. The zero-order chi connectivity index (χ0) is 28.3. The molecule has 0 aliphatic carbocycles. The molecule has 0 aliphatic rings. The summed E-state index contributed by atoms with van der Waals surface area (Å²) in [5, 5.41) is 14.7. The Morgan fingerprint density at radius 3 is 2.41 bits per heavy atom. The topological polar surface area (TPSA) is 63.5 Å². The number of aliphatic carboxylic acids is 1. The second-order valence-electron chi connectivity index (χ2n) is 10.7. The fourth-order valence-corrected chi connectivity index (χ4v) is 5.13. The van der Waals surface area contributed by atoms with Gasteiger partial charge in [-0.15, -0.1) is 0 Å². The predicted molar refractivity (Wildman–Crippen MR) is 160 cm³/mol. The number of nitrogens with zero attached hydrogens (tertiary/aromatic N) is 1. The van der Waals surface area contributed by atoms with Crippen molar-refractivity contribution in [1.29, 1.82) is 0 Å². The van der Waals surface area contributed by atoms with E-state index in [4.69, 9.17) is 16.3 Å². The van der Waals surface area contributed by atoms with Gasteiger partial charge in [-0.05, 0) is 85.2 Å². The summed E-state index contributed by atoms with van der Waals surface area (Å²) >= 11 is 6.33. The van der Waals surface area contributed by atoms with Gasteiger partial charge < -0.3 is 19.7 Å². The van der Waals surface area contributed by atoms with E-state index in [0.29, 0.717) is 29.7 Å². The highest BCUT2D eigenvalue weighted by Crippen LogP contribution is 2.31. The average Bonchev–Trinajstić information content (AvgIpc) is 3.15. The van der Waals surface area contributed by atoms with Crippen molar-refractivity contribution in [2.24, 2.45) is 0 Å². The van der Waals surface area contributed by atoms with Crippen LogP contribution in [0.1, 0.15) is 79.6 Å². The third kappa shape index (κ3) is 6.48. The van der Waals surface area contributed by atoms with Gasteiger partial charge in [-0.25, -0.2) is 4.79 Å². The van der Waals surface area contributed by atoms with E-state index < -0.39 is 12.1 Å². The third-order valence-electron chi connectivity index (χ3n) is 7.64. The maximum Gasteiger partial charge on any atom is 0.344 e. The lowest BCUT2D eigenvalue weighted by molar-refractivity contribution is -0.145. The molecular formula is C33H39ClN2O3. The molecule has 0 bridgehead atoms. The fraction of sp³-hybridized carbons (Fsp3) is 0.364. The van der Waals surface area contributed by atoms with Crippen molar-refractivity contribution in [3.63, 3.8) is 0 Å². The van der Waals surface area contributed by atoms with Crippen LogP contribution in [0.3, 0.4) is 0 Å². The smallest absolute Gasteiger partial charge is 0.344 e. The van der Waals surface area contributed by atoms with Crippen molar-refractivity contribution in [1.82, 2.24) is 9.88 Å². The minimum absolute atomic E-state index is 0.251. The predicted octanol–water partition coefficient (Wildman–Crippen LogP) is 8.18. The SMILES string of the molecule is CC[C@H](Oc1cc(Cn2c(C)c(C)c3cc(CN[C@@H](C)c4cccc(C(C)C)c4)ccc32)ccc1Cl)C(=O)O. The van der Waals surface area contributed by atoms with Gasteiger partial charge in [-0.2, -0.15) is 0 Å². The molecule has 0 fully saturated rings. The van der Waals surface area contributed by atoms with Crippen LogP contribution in [0.5, 0.6) is 5.75 Å². The maximum absolute atomic E-state index is 11.5. The van der Waals surface area contributed by atoms with Gasteiger partial charge in [0.15, 0.2) is 6.10 Å². The van der Waals surface area contributed by atoms with Crippen LogP contribution in [0.2, 0.25) is 5.02 Å². The summed E-state index contributed by atoms with van der Waals surface area (Å²) in [5.74, 6) is -0.0823. The van der Waals surface area contributed by atoms with Gasteiger partial charge >= 0.3 is 5.97 Å². The van der Waals surface area contributed by atoms with Gasteiger partial charge in [0.25, 0.3) is 0 Å². The summed E-state index contributed by atoms with van der Waals surface area (Å²) in [7, 11) is 0. The molecule has 1 aromatic heterocycles. The lowest BCUT2D eigenvalue weighted by Gasteiger charge is -2.17. The Balaban J connectivity index is 1.53. The van der Waals surface area contributed by atoms with Gasteiger partial charge in [0.2, 0.25) is 0 Å². The first-order chi connectivity index (χ1) is 18.6. The lowest BCUT2D eigenvalue weighted by Crippen LogP contribution is -2.26. The standard InChI is InChI=1S/C33H39ClN2O3/c1-7-31(33(37)38)39-32-16-25(11-13-29(32)34)19-36-23(6)21(4)28-15-24(12-14-30(28)36)18-35-22(5)27-10-8-9-26(17-27)20(2)3/h8-17,20,22,31,35H,7,18-19H2,1-6H3,(H,37,38)/t22-,31-/m0/s1. The quantitative estimate of drug-likeness (QED) is 0.199. The summed E-state index contributed by atoms with van der Waals surface area (Å²) in [6.45, 7) is 14.2. The molecule has 0 spiro atoms. The van der Waals surface area contributed by atoms with Crippen LogP contribution in [0, 0.1) is 13.8 Å². The van der Waals surface area contributed by atoms with E-state index in [1.54, 1.807) is 13.0 Å². The normalized spacial score (nSPS) is 13.1. The number of carboxylic acids is 1. The van der Waals surface area contributed by atoms with Crippen molar-refractivity contribution in [2.45, 2.75) is 79.1 Å². The molecule has 0 amide bonds. The number of benzene rings is 3. The summed E-state index contributed by atoms with van der Waals surface area (Å²) in [5.41, 5.74) is 8.53. The number of carbonyl (C=O) groups is 1. The summed E-state index contributed by atoms with van der Waals surface area (Å²) < 4.78 is 8.02. The largest absolute Gasteiger partial charge is 0.479 e. The van der Waals surface area contributed by atoms with Crippen molar-refractivity contribution >= 4 is 28.5 Å². The molecule has 4 aromatic rings. The number of hydrogen-bond acceptors (Lipinski definition) is 3. The summed E-state index contributed by atoms with van der Waals surface area (Å²) in [6.07, 6.45) is -0.570. The molecule has 2 atom stereocenters. The molecule has 0 radical (unpaired) electrons. The van der Waals surface area contributed by atoms with Crippen LogP contribution in [-0.2, 0) is 17.9 Å². The molecule has 2 N–H and O–H groups in total. The monoisotopic (exact) mass is 546 g/mol. The molecular weight excluding hydrogens is 508 g/mol. The molecule has 0 saturated heterocycles. The van der Waals surface area contributed by atoms with E-state index in [1.807, 2.05) is 12.1 Å². The van der Waals surface area contributed by atoms with Crippen molar-refractivity contribution in [3.8, 4) is 5.75 Å². The second kappa shape index (κ2) is 12.3. The molecule has 5 nitrogen and oxygen atoms in total. The first-order valence-electron chi connectivity index (χ1n) is 13.7. The van der Waals surface area contributed by atoms with Crippen LogP contribution in [0.25, 0.3) is 10.9 Å². The van der Waals surface area contributed by atoms with Gasteiger partial charge in [0.05, 0.1) is 5.02 Å². The van der Waals surface area contributed by atoms with Crippen LogP contribution in [0.4, 0.5) is 0 Å². The number of fused-ring (bicyclic) bond motifs is 1. The average molecular weight is 547 g/mol. The van der Waals surface area contributed by atoms with Crippen LogP contribution in [-0.4, -0.2) is 21.7 Å². The Hall–Kier alpha value is -3.28. The van der Waals surface area contributed by atoms with Gasteiger partial charge in [-0.1, -0.05) is 68.8 Å². The van der Waals surface area contributed by atoms with Crippen molar-refractivity contribution < 1.29 is 14.6 Å². The molecule has 39 heavy (non-hydrogen) atoms. The third-order valence-corrected chi connectivity index (χ3v) is 7.96. The van der Waals surface area contributed by atoms with Gasteiger partial charge in [0.1, 0.15) is 5.75 Å². The molecule has 0 aliphatic heterocycles. The Bertz CT molecular complexity index is 1470. The number of aryl methyl sites for hydroxylation is 1. The zero-order valence-corrected chi connectivity index (χ0v) is 24.5. The maximum atomic E-state index is 11.5. The van der Waals surface area contributed by atoms with E-state index in [0.717, 1.165) is 12.1 Å². The van der Waals surface area contributed by atoms with E-state index in [-0.39, 0.29) is 6.04 Å². The summed E-state index contributed by atoms with van der Waals surface area (Å²) in [6, 6.07) is 21.3. The molecule has 4 rings (SSSR count). The van der Waals surface area contributed by atoms with Crippen molar-refractivity contribution in [3.05, 3.63) is 99.2 Å². The van der Waals surface area contributed by atoms with E-state index >= 15 is 0 Å². The Labute approximate surface area is 236 Å². The highest BCUT2D eigenvalue weighted by Gasteiger charge is 2.19. The summed E-state index contributed by atoms with van der Waals surface area (Å²) in [4.78, 5) is 11.5. The number of halogens is 1. The highest BCUT2D eigenvalue weighted by molar-refractivity contribution is 6.32. The first-order valence-corrected chi connectivity index (χ1v) is 14.1. The minimum Gasteiger partial charge on any atom is -0.479 e. The highest BCUT2D eigenvalue weighted by atomic mass is 35.5. The number of aromatic nitrogens is 1. The van der Waals surface area contributed by atoms with Crippen LogP contribution >= 0.6 is 11.6 Å². The van der Waals surface area contributed by atoms with E-state index in [2.05, 4.69) is 87.0 Å². The Morgan fingerprint density at radius 2 is 1.72 bits per heavy atom. The van der Waals surface area contributed by atoms with Crippen LogP contribution < -0.4 is 10.1 Å². The molecule has 0 saturated carbocycles. The molecule has 3 aromatic carbocycles.